The molecule has 0 bridgehead atoms. The molecular formula is C14H17NO4. The maximum absolute atomic E-state index is 12.4. The largest absolute Gasteiger partial charge is 0.508 e. The van der Waals surface area contributed by atoms with Gasteiger partial charge in [0.05, 0.1) is 7.11 Å². The highest BCUT2D eigenvalue weighted by atomic mass is 16.5. The Morgan fingerprint density at radius 1 is 1.37 bits per heavy atom. The van der Waals surface area contributed by atoms with Crippen LogP contribution in [0.1, 0.15) is 29.6 Å². The fraction of sp³-hybridized carbons (Fsp3) is 0.429. The van der Waals surface area contributed by atoms with Gasteiger partial charge in [-0.3, -0.25) is 4.79 Å². The van der Waals surface area contributed by atoms with Crippen molar-refractivity contribution < 1.29 is 19.4 Å². The molecule has 0 aliphatic carbocycles. The van der Waals surface area contributed by atoms with Crippen molar-refractivity contribution in [2.45, 2.75) is 25.3 Å². The van der Waals surface area contributed by atoms with Crippen LogP contribution in [0, 0.1) is 0 Å². The molecule has 1 saturated heterocycles. The second kappa shape index (κ2) is 5.73. The minimum atomic E-state index is -0.520. The van der Waals surface area contributed by atoms with Crippen molar-refractivity contribution in [2.75, 3.05) is 13.7 Å². The van der Waals surface area contributed by atoms with Crippen LogP contribution < -0.4 is 0 Å². The number of carbonyl (C=O) groups is 2. The molecule has 1 aromatic carbocycles. The summed E-state index contributed by atoms with van der Waals surface area (Å²) in [6.45, 7) is 0.536. The molecule has 1 heterocycles. The summed E-state index contributed by atoms with van der Waals surface area (Å²) in [5.74, 6) is -0.586. The SMILES string of the molecule is COC(=O)C1CCCCN1C(=O)c1cccc(O)c1. The zero-order valence-electron chi connectivity index (χ0n) is 10.8. The minimum Gasteiger partial charge on any atom is -0.508 e. The Morgan fingerprint density at radius 2 is 2.16 bits per heavy atom. The van der Waals surface area contributed by atoms with E-state index < -0.39 is 6.04 Å². The van der Waals surface area contributed by atoms with Gasteiger partial charge in [-0.15, -0.1) is 0 Å². The summed E-state index contributed by atoms with van der Waals surface area (Å²) >= 11 is 0. The van der Waals surface area contributed by atoms with Crippen molar-refractivity contribution in [1.29, 1.82) is 0 Å². The lowest BCUT2D eigenvalue weighted by molar-refractivity contribution is -0.147. The number of amides is 1. The monoisotopic (exact) mass is 263 g/mol. The number of ether oxygens (including phenoxy) is 1. The van der Waals surface area contributed by atoms with Gasteiger partial charge in [-0.25, -0.2) is 4.79 Å². The summed E-state index contributed by atoms with van der Waals surface area (Å²) in [5.41, 5.74) is 0.385. The van der Waals surface area contributed by atoms with Crippen LogP contribution >= 0.6 is 0 Å². The van der Waals surface area contributed by atoms with Gasteiger partial charge in [-0.1, -0.05) is 6.07 Å². The highest BCUT2D eigenvalue weighted by Crippen LogP contribution is 2.22. The van der Waals surface area contributed by atoms with E-state index in [1.807, 2.05) is 0 Å². The molecule has 1 aliphatic heterocycles. The van der Waals surface area contributed by atoms with Crippen molar-refractivity contribution in [2.24, 2.45) is 0 Å². The van der Waals surface area contributed by atoms with Gasteiger partial charge in [0.2, 0.25) is 0 Å². The van der Waals surface area contributed by atoms with E-state index in [4.69, 9.17) is 4.74 Å². The molecule has 1 amide bonds. The van der Waals surface area contributed by atoms with Crippen LogP contribution in [0.2, 0.25) is 0 Å². The van der Waals surface area contributed by atoms with E-state index in [1.54, 1.807) is 12.1 Å². The Labute approximate surface area is 111 Å². The number of hydrogen-bond donors (Lipinski definition) is 1. The van der Waals surface area contributed by atoms with Gasteiger partial charge in [0, 0.05) is 12.1 Å². The number of piperidine rings is 1. The molecule has 1 aromatic rings. The zero-order valence-corrected chi connectivity index (χ0v) is 10.8. The Morgan fingerprint density at radius 3 is 2.84 bits per heavy atom. The zero-order chi connectivity index (χ0) is 13.8. The van der Waals surface area contributed by atoms with Crippen LogP contribution in [-0.2, 0) is 9.53 Å². The average molecular weight is 263 g/mol. The molecule has 0 spiro atoms. The van der Waals surface area contributed by atoms with E-state index >= 15 is 0 Å². The van der Waals surface area contributed by atoms with E-state index in [2.05, 4.69) is 0 Å². The standard InChI is InChI=1S/C14H17NO4/c1-19-14(18)12-7-2-3-8-15(12)13(17)10-5-4-6-11(16)9-10/h4-6,9,12,16H,2-3,7-8H2,1H3. The normalized spacial score (nSPS) is 19.0. The smallest absolute Gasteiger partial charge is 0.328 e. The number of methoxy groups -OCH3 is 1. The lowest BCUT2D eigenvalue weighted by atomic mass is 10.0. The third-order valence-electron chi connectivity index (χ3n) is 3.33. The van der Waals surface area contributed by atoms with Crippen molar-refractivity contribution in [1.82, 2.24) is 4.90 Å². The number of nitrogens with zero attached hydrogens (tertiary/aromatic N) is 1. The number of phenolic OH excluding ortho intramolecular Hbond substituents is 1. The molecule has 2 rings (SSSR count). The van der Waals surface area contributed by atoms with Gasteiger partial charge in [-0.05, 0) is 37.5 Å². The third kappa shape index (κ3) is 2.86. The number of aromatic hydroxyl groups is 1. The van der Waals surface area contributed by atoms with Crippen LogP contribution in [0.4, 0.5) is 0 Å². The highest BCUT2D eigenvalue weighted by Gasteiger charge is 2.33. The summed E-state index contributed by atoms with van der Waals surface area (Å²) in [6.07, 6.45) is 2.40. The molecule has 19 heavy (non-hydrogen) atoms. The molecule has 5 heteroatoms. The number of hydrogen-bond acceptors (Lipinski definition) is 4. The summed E-state index contributed by atoms with van der Waals surface area (Å²) in [6, 6.07) is 5.63. The predicted octanol–water partition coefficient (Wildman–Crippen LogP) is 1.56. The lowest BCUT2D eigenvalue weighted by Gasteiger charge is -2.33. The summed E-state index contributed by atoms with van der Waals surface area (Å²) < 4.78 is 4.75. The molecule has 102 valence electrons. The van der Waals surface area contributed by atoms with Gasteiger partial charge < -0.3 is 14.7 Å². The molecule has 0 saturated carbocycles. The topological polar surface area (TPSA) is 66.8 Å². The van der Waals surface area contributed by atoms with Crippen LogP contribution in [0.3, 0.4) is 0 Å². The molecule has 1 N–H and O–H groups in total. The van der Waals surface area contributed by atoms with Crippen LogP contribution in [-0.4, -0.2) is 41.6 Å². The van der Waals surface area contributed by atoms with Gasteiger partial charge in [0.15, 0.2) is 0 Å². The van der Waals surface area contributed by atoms with Crippen molar-refractivity contribution in [3.05, 3.63) is 29.8 Å². The number of rotatable bonds is 2. The molecule has 1 atom stereocenters. The van der Waals surface area contributed by atoms with Gasteiger partial charge >= 0.3 is 5.97 Å². The van der Waals surface area contributed by atoms with Gasteiger partial charge in [0.1, 0.15) is 11.8 Å². The molecule has 0 aromatic heterocycles. The number of carbonyl (C=O) groups excluding carboxylic acids is 2. The molecule has 1 fully saturated rings. The first-order valence-corrected chi connectivity index (χ1v) is 6.31. The Kier molecular flexibility index (Phi) is 4.04. The maximum atomic E-state index is 12.4. The first kappa shape index (κ1) is 13.4. The number of phenols is 1. The van der Waals surface area contributed by atoms with Crippen LogP contribution in [0.25, 0.3) is 0 Å². The molecule has 1 aliphatic rings. The third-order valence-corrected chi connectivity index (χ3v) is 3.33. The fourth-order valence-electron chi connectivity index (χ4n) is 2.36. The van der Waals surface area contributed by atoms with Crippen LogP contribution in [0.5, 0.6) is 5.75 Å². The number of benzene rings is 1. The number of esters is 1. The van der Waals surface area contributed by atoms with Crippen molar-refractivity contribution in [3.63, 3.8) is 0 Å². The van der Waals surface area contributed by atoms with Gasteiger partial charge in [-0.2, -0.15) is 0 Å². The molecule has 5 nitrogen and oxygen atoms in total. The lowest BCUT2D eigenvalue weighted by Crippen LogP contribution is -2.48. The minimum absolute atomic E-state index is 0.0393. The van der Waals surface area contributed by atoms with E-state index in [9.17, 15) is 14.7 Å². The molecule has 1 unspecified atom stereocenters. The highest BCUT2D eigenvalue weighted by molar-refractivity contribution is 5.97. The summed E-state index contributed by atoms with van der Waals surface area (Å²) in [4.78, 5) is 25.6. The van der Waals surface area contributed by atoms with E-state index in [0.717, 1.165) is 12.8 Å². The second-order valence-corrected chi connectivity index (χ2v) is 4.58. The number of likely N-dealkylation sites (tertiary alicyclic amines) is 1. The second-order valence-electron chi connectivity index (χ2n) is 4.58. The molecular weight excluding hydrogens is 246 g/mol. The van der Waals surface area contributed by atoms with Crippen LogP contribution in [0.15, 0.2) is 24.3 Å². The first-order chi connectivity index (χ1) is 9.13. The van der Waals surface area contributed by atoms with E-state index in [-0.39, 0.29) is 17.6 Å². The van der Waals surface area contributed by atoms with Gasteiger partial charge in [0.25, 0.3) is 5.91 Å². The Bertz CT molecular complexity index is 486. The Balaban J connectivity index is 2.22. The average Bonchev–Trinajstić information content (AvgIpc) is 2.45. The fourth-order valence-corrected chi connectivity index (χ4v) is 2.36. The van der Waals surface area contributed by atoms with E-state index in [1.165, 1.54) is 24.1 Å². The van der Waals surface area contributed by atoms with E-state index in [0.29, 0.717) is 18.5 Å². The summed E-state index contributed by atoms with van der Waals surface area (Å²) in [5, 5.41) is 9.42. The summed E-state index contributed by atoms with van der Waals surface area (Å²) in [7, 11) is 1.33. The molecule has 0 radical (unpaired) electrons. The van der Waals surface area contributed by atoms with Crippen molar-refractivity contribution >= 4 is 11.9 Å². The maximum Gasteiger partial charge on any atom is 0.328 e. The predicted molar refractivity (Wildman–Crippen MR) is 68.8 cm³/mol. The Hall–Kier alpha value is -2.04. The van der Waals surface area contributed by atoms with Crippen molar-refractivity contribution in [3.8, 4) is 5.75 Å². The first-order valence-electron chi connectivity index (χ1n) is 6.31. The quantitative estimate of drug-likeness (QED) is 0.822.